The molecule has 1 saturated carbocycles. The topological polar surface area (TPSA) is 61.4 Å². The zero-order chi connectivity index (χ0) is 8.32. The molecule has 0 amide bonds. The predicted molar refractivity (Wildman–Crippen MR) is 41.0 cm³/mol. The molecule has 11 heavy (non-hydrogen) atoms. The van der Waals surface area contributed by atoms with Crippen molar-refractivity contribution in [3.8, 4) is 0 Å². The number of hydrogen-bond acceptors (Lipinski definition) is 3. The Morgan fingerprint density at radius 2 is 2.00 bits per heavy atom. The number of carboxylic acids is 1. The highest BCUT2D eigenvalue weighted by atomic mass is 16.4. The van der Waals surface area contributed by atoms with Crippen molar-refractivity contribution in [1.82, 2.24) is 10.9 Å². The Balaban J connectivity index is 2.62. The van der Waals surface area contributed by atoms with E-state index in [-0.39, 0.29) is 0 Å². The van der Waals surface area contributed by atoms with E-state index in [1.165, 1.54) is 0 Å². The van der Waals surface area contributed by atoms with Crippen LogP contribution in [0.5, 0.6) is 0 Å². The molecule has 1 rings (SSSR count). The third kappa shape index (κ3) is 1.52. The summed E-state index contributed by atoms with van der Waals surface area (Å²) in [7, 11) is 1.70. The fourth-order valence-electron chi connectivity index (χ4n) is 1.61. The van der Waals surface area contributed by atoms with E-state index in [9.17, 15) is 4.79 Å². The molecule has 0 aromatic rings. The molecular formula is C7H14N2O2. The molecule has 3 N–H and O–H groups in total. The molecule has 0 heterocycles. The first kappa shape index (κ1) is 8.49. The maximum Gasteiger partial charge on any atom is 0.325 e. The molecule has 4 nitrogen and oxygen atoms in total. The Morgan fingerprint density at radius 3 is 2.36 bits per heavy atom. The lowest BCUT2D eigenvalue weighted by atomic mass is 9.99. The molecule has 0 spiro atoms. The van der Waals surface area contributed by atoms with Crippen LogP contribution in [0.25, 0.3) is 0 Å². The molecule has 1 fully saturated rings. The molecule has 0 saturated heterocycles. The Hall–Kier alpha value is -0.610. The van der Waals surface area contributed by atoms with Gasteiger partial charge >= 0.3 is 5.97 Å². The van der Waals surface area contributed by atoms with Gasteiger partial charge in [0, 0.05) is 0 Å². The summed E-state index contributed by atoms with van der Waals surface area (Å²) in [6.45, 7) is 0. The van der Waals surface area contributed by atoms with E-state index in [4.69, 9.17) is 5.11 Å². The van der Waals surface area contributed by atoms with Crippen LogP contribution in [0.3, 0.4) is 0 Å². The van der Waals surface area contributed by atoms with Gasteiger partial charge in [-0.15, -0.1) is 0 Å². The molecule has 0 atom stereocenters. The van der Waals surface area contributed by atoms with Gasteiger partial charge in [-0.25, -0.2) is 5.43 Å². The van der Waals surface area contributed by atoms with Crippen molar-refractivity contribution in [3.05, 3.63) is 0 Å². The fraction of sp³-hybridized carbons (Fsp3) is 0.857. The molecule has 0 radical (unpaired) electrons. The van der Waals surface area contributed by atoms with Crippen LogP contribution < -0.4 is 10.9 Å². The van der Waals surface area contributed by atoms with Gasteiger partial charge in [0.2, 0.25) is 0 Å². The zero-order valence-electron chi connectivity index (χ0n) is 6.68. The highest BCUT2D eigenvalue weighted by molar-refractivity contribution is 5.79. The number of rotatable bonds is 3. The van der Waals surface area contributed by atoms with E-state index < -0.39 is 11.5 Å². The van der Waals surface area contributed by atoms with Crippen molar-refractivity contribution >= 4 is 5.97 Å². The summed E-state index contributed by atoms with van der Waals surface area (Å²) >= 11 is 0. The molecule has 0 unspecified atom stereocenters. The van der Waals surface area contributed by atoms with Crippen molar-refractivity contribution in [2.24, 2.45) is 0 Å². The normalized spacial score (nSPS) is 21.9. The SMILES string of the molecule is CNNC1(C(=O)O)CCCC1. The van der Waals surface area contributed by atoms with Crippen molar-refractivity contribution in [2.45, 2.75) is 31.2 Å². The molecule has 0 aliphatic heterocycles. The Kier molecular flexibility index (Phi) is 2.46. The van der Waals surface area contributed by atoms with Gasteiger partial charge in [-0.3, -0.25) is 10.2 Å². The van der Waals surface area contributed by atoms with Crippen molar-refractivity contribution in [3.63, 3.8) is 0 Å². The summed E-state index contributed by atoms with van der Waals surface area (Å²) in [6, 6.07) is 0. The number of nitrogens with one attached hydrogen (secondary N) is 2. The maximum absolute atomic E-state index is 10.8. The lowest BCUT2D eigenvalue weighted by Crippen LogP contribution is -2.54. The summed E-state index contributed by atoms with van der Waals surface area (Å²) in [5.41, 5.74) is 4.81. The lowest BCUT2D eigenvalue weighted by molar-refractivity contribution is -0.145. The van der Waals surface area contributed by atoms with Gasteiger partial charge in [0.05, 0.1) is 0 Å². The van der Waals surface area contributed by atoms with Crippen LogP contribution in [0, 0.1) is 0 Å². The van der Waals surface area contributed by atoms with Crippen LogP contribution in [0.2, 0.25) is 0 Å². The highest BCUT2D eigenvalue weighted by Crippen LogP contribution is 2.28. The van der Waals surface area contributed by atoms with E-state index in [1.54, 1.807) is 7.05 Å². The van der Waals surface area contributed by atoms with Gasteiger partial charge in [0.15, 0.2) is 0 Å². The first-order valence-electron chi connectivity index (χ1n) is 3.88. The number of carboxylic acid groups (broad SMARTS) is 1. The van der Waals surface area contributed by atoms with Crippen molar-refractivity contribution in [2.75, 3.05) is 7.05 Å². The molecule has 0 aromatic carbocycles. The molecule has 1 aliphatic rings. The summed E-state index contributed by atoms with van der Waals surface area (Å²) in [5, 5.41) is 8.89. The van der Waals surface area contributed by atoms with E-state index >= 15 is 0 Å². The Labute approximate surface area is 65.9 Å². The zero-order valence-corrected chi connectivity index (χ0v) is 6.68. The van der Waals surface area contributed by atoms with Crippen LogP contribution in [0.4, 0.5) is 0 Å². The fourth-order valence-corrected chi connectivity index (χ4v) is 1.61. The number of hydrazine groups is 1. The second-order valence-corrected chi connectivity index (χ2v) is 2.97. The average molecular weight is 158 g/mol. The lowest BCUT2D eigenvalue weighted by Gasteiger charge is -2.24. The third-order valence-corrected chi connectivity index (χ3v) is 2.23. The van der Waals surface area contributed by atoms with Crippen LogP contribution in [0.15, 0.2) is 0 Å². The van der Waals surface area contributed by atoms with E-state index in [0.29, 0.717) is 0 Å². The number of carbonyl (C=O) groups is 1. The quantitative estimate of drug-likeness (QED) is 0.510. The second-order valence-electron chi connectivity index (χ2n) is 2.97. The summed E-state index contributed by atoms with van der Waals surface area (Å²) in [6.07, 6.45) is 3.45. The van der Waals surface area contributed by atoms with Crippen molar-refractivity contribution < 1.29 is 9.90 Å². The monoisotopic (exact) mass is 158 g/mol. The van der Waals surface area contributed by atoms with Gasteiger partial charge in [-0.2, -0.15) is 0 Å². The van der Waals surface area contributed by atoms with Crippen LogP contribution in [-0.4, -0.2) is 23.7 Å². The van der Waals surface area contributed by atoms with E-state index in [1.807, 2.05) is 0 Å². The van der Waals surface area contributed by atoms with Crippen LogP contribution in [0.1, 0.15) is 25.7 Å². The third-order valence-electron chi connectivity index (χ3n) is 2.23. The summed E-state index contributed by atoms with van der Waals surface area (Å²) in [5.74, 6) is -0.746. The molecule has 0 bridgehead atoms. The van der Waals surface area contributed by atoms with E-state index in [2.05, 4.69) is 10.9 Å². The standard InChI is InChI=1S/C7H14N2O2/c1-8-9-7(6(10)11)4-2-3-5-7/h8-9H,2-5H2,1H3,(H,10,11). The van der Waals surface area contributed by atoms with Gasteiger partial charge in [0.25, 0.3) is 0 Å². The summed E-state index contributed by atoms with van der Waals surface area (Å²) < 4.78 is 0. The first-order valence-corrected chi connectivity index (χ1v) is 3.88. The largest absolute Gasteiger partial charge is 0.480 e. The van der Waals surface area contributed by atoms with E-state index in [0.717, 1.165) is 25.7 Å². The predicted octanol–water partition coefficient (Wildman–Crippen LogP) is 0.108. The minimum Gasteiger partial charge on any atom is -0.480 e. The molecule has 4 heteroatoms. The van der Waals surface area contributed by atoms with Gasteiger partial charge < -0.3 is 5.11 Å². The van der Waals surface area contributed by atoms with Gasteiger partial charge in [-0.05, 0) is 19.9 Å². The maximum atomic E-state index is 10.8. The minimum absolute atomic E-state index is 0.700. The Bertz CT molecular complexity index is 153. The highest BCUT2D eigenvalue weighted by Gasteiger charge is 2.40. The van der Waals surface area contributed by atoms with Crippen LogP contribution in [-0.2, 0) is 4.79 Å². The molecule has 0 aromatic heterocycles. The smallest absolute Gasteiger partial charge is 0.325 e. The first-order chi connectivity index (χ1) is 5.21. The number of hydrogen-bond donors (Lipinski definition) is 3. The van der Waals surface area contributed by atoms with Crippen molar-refractivity contribution in [1.29, 1.82) is 0 Å². The molecular weight excluding hydrogens is 144 g/mol. The molecule has 64 valence electrons. The molecule has 1 aliphatic carbocycles. The summed E-state index contributed by atoms with van der Waals surface area (Å²) in [4.78, 5) is 10.8. The Morgan fingerprint density at radius 1 is 1.45 bits per heavy atom. The van der Waals surface area contributed by atoms with Gasteiger partial charge in [-0.1, -0.05) is 12.8 Å². The second kappa shape index (κ2) is 3.19. The van der Waals surface area contributed by atoms with Crippen LogP contribution >= 0.6 is 0 Å². The number of aliphatic carboxylic acids is 1. The minimum atomic E-state index is -0.746. The van der Waals surface area contributed by atoms with Gasteiger partial charge in [0.1, 0.15) is 5.54 Å². The average Bonchev–Trinajstić information content (AvgIpc) is 2.38.